The predicted molar refractivity (Wildman–Crippen MR) is 74.7 cm³/mol. The fourth-order valence-corrected chi connectivity index (χ4v) is 2.57. The van der Waals surface area contributed by atoms with Crippen molar-refractivity contribution < 1.29 is 0 Å². The zero-order valence-corrected chi connectivity index (χ0v) is 11.4. The minimum absolute atomic E-state index is 0.701. The van der Waals surface area contributed by atoms with Gasteiger partial charge in [-0.05, 0) is 43.8 Å². The molecule has 2 heterocycles. The van der Waals surface area contributed by atoms with Crippen LogP contribution in [0.5, 0.6) is 0 Å². The van der Waals surface area contributed by atoms with E-state index in [0.29, 0.717) is 4.77 Å². The van der Waals surface area contributed by atoms with Crippen LogP contribution in [0.3, 0.4) is 0 Å². The fourth-order valence-electron chi connectivity index (χ4n) is 2.26. The summed E-state index contributed by atoms with van der Waals surface area (Å²) in [6.07, 6.45) is 1.99. The predicted octanol–water partition coefficient (Wildman–Crippen LogP) is 3.04. The molecule has 0 bridgehead atoms. The number of hydrogen-bond acceptors (Lipinski definition) is 2. The molecule has 2 aromatic heterocycles. The molecule has 0 fully saturated rings. The lowest BCUT2D eigenvalue weighted by Crippen LogP contribution is -1.94. The van der Waals surface area contributed by atoms with Crippen molar-refractivity contribution in [2.45, 2.75) is 13.8 Å². The summed E-state index contributed by atoms with van der Waals surface area (Å²) in [5.41, 5.74) is 5.35. The Bertz CT molecular complexity index is 791. The van der Waals surface area contributed by atoms with Crippen molar-refractivity contribution in [3.8, 4) is 5.69 Å². The number of benzene rings is 1. The molecule has 5 heteroatoms. The third kappa shape index (κ3) is 1.59. The molecular weight excluding hydrogens is 244 g/mol. The molecule has 0 aliphatic heterocycles. The van der Waals surface area contributed by atoms with Crippen molar-refractivity contribution in [3.05, 3.63) is 40.4 Å². The molecule has 3 rings (SSSR count). The van der Waals surface area contributed by atoms with Crippen molar-refractivity contribution >= 4 is 23.3 Å². The summed E-state index contributed by atoms with van der Waals surface area (Å²) in [6, 6.07) is 6.27. The minimum Gasteiger partial charge on any atom is -0.330 e. The molecule has 92 valence electrons. The molecule has 0 unspecified atom stereocenters. The first-order valence-corrected chi connectivity index (χ1v) is 6.19. The van der Waals surface area contributed by atoms with Gasteiger partial charge in [0, 0.05) is 13.2 Å². The molecule has 0 saturated heterocycles. The van der Waals surface area contributed by atoms with E-state index in [2.05, 4.69) is 35.2 Å². The van der Waals surface area contributed by atoms with E-state index in [4.69, 9.17) is 12.2 Å². The number of imidazole rings is 1. The zero-order valence-electron chi connectivity index (χ0n) is 10.6. The number of nitrogens with one attached hydrogen (secondary N) is 1. The summed E-state index contributed by atoms with van der Waals surface area (Å²) in [7, 11) is 1.92. The van der Waals surface area contributed by atoms with Crippen LogP contribution in [0, 0.1) is 18.6 Å². The second-order valence-corrected chi connectivity index (χ2v) is 4.95. The van der Waals surface area contributed by atoms with Crippen LogP contribution in [-0.2, 0) is 7.05 Å². The molecule has 1 aromatic carbocycles. The van der Waals surface area contributed by atoms with E-state index >= 15 is 0 Å². The van der Waals surface area contributed by atoms with Gasteiger partial charge in [0.1, 0.15) is 0 Å². The first-order valence-electron chi connectivity index (χ1n) is 5.78. The van der Waals surface area contributed by atoms with E-state index in [0.717, 1.165) is 22.4 Å². The number of aromatic nitrogens is 4. The Balaban J connectivity index is 2.41. The zero-order chi connectivity index (χ0) is 12.9. The first kappa shape index (κ1) is 11.2. The maximum atomic E-state index is 5.42. The van der Waals surface area contributed by atoms with Crippen LogP contribution in [0.15, 0.2) is 24.4 Å². The quantitative estimate of drug-likeness (QED) is 0.681. The van der Waals surface area contributed by atoms with Crippen LogP contribution >= 0.6 is 12.2 Å². The van der Waals surface area contributed by atoms with Gasteiger partial charge in [-0.15, -0.1) is 0 Å². The van der Waals surface area contributed by atoms with Gasteiger partial charge >= 0.3 is 0 Å². The molecule has 0 amide bonds. The fraction of sp³-hybridized carbons (Fsp3) is 0.231. The standard InChI is InChI=1S/C13H14N4S/c1-8-4-5-10-11(6-8)17(13(18)14-10)12-7-16(3)15-9(12)2/h4-7H,1-3H3,(H,14,18). The molecule has 4 nitrogen and oxygen atoms in total. The number of nitrogens with zero attached hydrogens (tertiary/aromatic N) is 3. The van der Waals surface area contributed by atoms with E-state index in [1.165, 1.54) is 5.56 Å². The van der Waals surface area contributed by atoms with Crippen molar-refractivity contribution in [1.82, 2.24) is 19.3 Å². The van der Waals surface area contributed by atoms with Gasteiger partial charge in [0.2, 0.25) is 0 Å². The molecule has 0 spiro atoms. The third-order valence-corrected chi connectivity index (χ3v) is 3.35. The molecular formula is C13H14N4S. The van der Waals surface area contributed by atoms with Crippen LogP contribution in [0.4, 0.5) is 0 Å². The highest BCUT2D eigenvalue weighted by Crippen LogP contribution is 2.22. The van der Waals surface area contributed by atoms with Gasteiger partial charge in [-0.25, -0.2) is 0 Å². The number of H-pyrrole nitrogens is 1. The van der Waals surface area contributed by atoms with Crippen LogP contribution in [0.2, 0.25) is 0 Å². The van der Waals surface area contributed by atoms with E-state index in [1.54, 1.807) is 4.68 Å². The maximum Gasteiger partial charge on any atom is 0.182 e. The van der Waals surface area contributed by atoms with Crippen molar-refractivity contribution in [1.29, 1.82) is 0 Å². The number of hydrogen-bond donors (Lipinski definition) is 1. The molecule has 3 aromatic rings. The Morgan fingerprint density at radius 3 is 2.72 bits per heavy atom. The van der Waals surface area contributed by atoms with E-state index < -0.39 is 0 Å². The van der Waals surface area contributed by atoms with Crippen molar-refractivity contribution in [2.24, 2.45) is 7.05 Å². The van der Waals surface area contributed by atoms with Gasteiger partial charge in [-0.3, -0.25) is 9.25 Å². The second kappa shape index (κ2) is 3.81. The number of fused-ring (bicyclic) bond motifs is 1. The highest BCUT2D eigenvalue weighted by molar-refractivity contribution is 7.71. The van der Waals surface area contributed by atoms with E-state index in [1.807, 2.05) is 24.7 Å². The monoisotopic (exact) mass is 258 g/mol. The summed E-state index contributed by atoms with van der Waals surface area (Å²) in [5, 5.41) is 4.37. The van der Waals surface area contributed by atoms with Gasteiger partial charge in [-0.2, -0.15) is 5.10 Å². The molecule has 0 radical (unpaired) electrons. The van der Waals surface area contributed by atoms with Gasteiger partial charge in [0.25, 0.3) is 0 Å². The van der Waals surface area contributed by atoms with E-state index in [9.17, 15) is 0 Å². The number of aryl methyl sites for hydroxylation is 3. The second-order valence-electron chi connectivity index (χ2n) is 4.56. The summed E-state index contributed by atoms with van der Waals surface area (Å²) in [6.45, 7) is 4.07. The molecule has 0 aliphatic rings. The maximum absolute atomic E-state index is 5.42. The highest BCUT2D eigenvalue weighted by Gasteiger charge is 2.11. The third-order valence-electron chi connectivity index (χ3n) is 3.07. The average Bonchev–Trinajstić information content (AvgIpc) is 2.77. The number of aromatic amines is 1. The Hall–Kier alpha value is -1.88. The van der Waals surface area contributed by atoms with E-state index in [-0.39, 0.29) is 0 Å². The molecule has 0 saturated carbocycles. The smallest absolute Gasteiger partial charge is 0.182 e. The molecule has 0 atom stereocenters. The summed E-state index contributed by atoms with van der Waals surface area (Å²) in [5.74, 6) is 0. The van der Waals surface area contributed by atoms with Crippen LogP contribution < -0.4 is 0 Å². The summed E-state index contributed by atoms with van der Waals surface area (Å²) >= 11 is 5.42. The lowest BCUT2D eigenvalue weighted by atomic mass is 10.2. The lowest BCUT2D eigenvalue weighted by Gasteiger charge is -2.02. The van der Waals surface area contributed by atoms with Gasteiger partial charge < -0.3 is 4.98 Å². The summed E-state index contributed by atoms with van der Waals surface area (Å²) < 4.78 is 4.55. The SMILES string of the molecule is Cc1ccc2[nH]c(=S)n(-c3cn(C)nc3C)c2c1. The Morgan fingerprint density at radius 1 is 1.28 bits per heavy atom. The largest absolute Gasteiger partial charge is 0.330 e. The highest BCUT2D eigenvalue weighted by atomic mass is 32.1. The van der Waals surface area contributed by atoms with Crippen LogP contribution in [0.25, 0.3) is 16.7 Å². The summed E-state index contributed by atoms with van der Waals surface area (Å²) in [4.78, 5) is 3.23. The van der Waals surface area contributed by atoms with Crippen LogP contribution in [-0.4, -0.2) is 19.3 Å². The first-order chi connectivity index (χ1) is 8.56. The Labute approximate surface area is 110 Å². The van der Waals surface area contributed by atoms with Gasteiger partial charge in [0.05, 0.1) is 22.4 Å². The van der Waals surface area contributed by atoms with Gasteiger partial charge in [-0.1, -0.05) is 6.07 Å². The van der Waals surface area contributed by atoms with Crippen molar-refractivity contribution in [2.75, 3.05) is 0 Å². The minimum atomic E-state index is 0.701. The molecule has 18 heavy (non-hydrogen) atoms. The van der Waals surface area contributed by atoms with Gasteiger partial charge in [0.15, 0.2) is 4.77 Å². The Kier molecular flexibility index (Phi) is 2.38. The van der Waals surface area contributed by atoms with Crippen molar-refractivity contribution in [3.63, 3.8) is 0 Å². The Morgan fingerprint density at radius 2 is 2.06 bits per heavy atom. The average molecular weight is 258 g/mol. The number of rotatable bonds is 1. The normalized spacial score (nSPS) is 11.3. The molecule has 1 N–H and O–H groups in total. The van der Waals surface area contributed by atoms with Crippen LogP contribution in [0.1, 0.15) is 11.3 Å². The topological polar surface area (TPSA) is 38.5 Å². The lowest BCUT2D eigenvalue weighted by molar-refractivity contribution is 0.756. The molecule has 0 aliphatic carbocycles.